The van der Waals surface area contributed by atoms with Gasteiger partial charge in [-0.3, -0.25) is 9.59 Å². The maximum atomic E-state index is 12.8. The first-order valence-electron chi connectivity index (χ1n) is 9.55. The van der Waals surface area contributed by atoms with Crippen LogP contribution >= 0.6 is 15.9 Å². The highest BCUT2D eigenvalue weighted by Gasteiger charge is 2.35. The molecular formula is C23H19BrN4O3. The standard InChI is InChI=1S/C23H19BrN4O3/c1-15-7-9-17(10-8-15)25-21(29)14-28-22(30)20(26-23(28)31)13-19-6-3-11-27(19)18-5-2-4-16(24)12-18/h2-13H,14H2,1H3,(H,25,29)(H,26,31)/b20-13-. The number of anilines is 1. The van der Waals surface area contributed by atoms with Crippen molar-refractivity contribution in [1.82, 2.24) is 14.8 Å². The number of hydrogen-bond donors (Lipinski definition) is 2. The predicted octanol–water partition coefficient (Wildman–Crippen LogP) is 4.08. The summed E-state index contributed by atoms with van der Waals surface area (Å²) in [4.78, 5) is 38.3. The summed E-state index contributed by atoms with van der Waals surface area (Å²) in [5.41, 5.74) is 3.40. The van der Waals surface area contributed by atoms with Crippen LogP contribution in [0.2, 0.25) is 0 Å². The summed E-state index contributed by atoms with van der Waals surface area (Å²) in [6.07, 6.45) is 3.46. The van der Waals surface area contributed by atoms with E-state index in [0.717, 1.165) is 20.6 Å². The fourth-order valence-corrected chi connectivity index (χ4v) is 3.60. The van der Waals surface area contributed by atoms with Crippen molar-refractivity contribution in [3.8, 4) is 5.69 Å². The van der Waals surface area contributed by atoms with Crippen molar-refractivity contribution in [2.75, 3.05) is 11.9 Å². The number of halogens is 1. The summed E-state index contributed by atoms with van der Waals surface area (Å²) in [5.74, 6) is -1.00. The second-order valence-electron chi connectivity index (χ2n) is 7.08. The number of aromatic nitrogens is 1. The van der Waals surface area contributed by atoms with E-state index in [1.165, 1.54) is 0 Å². The third-order valence-corrected chi connectivity index (χ3v) is 5.25. The molecule has 0 atom stereocenters. The summed E-state index contributed by atoms with van der Waals surface area (Å²) in [6.45, 7) is 1.57. The first-order valence-corrected chi connectivity index (χ1v) is 10.3. The number of nitrogens with one attached hydrogen (secondary N) is 2. The molecular weight excluding hydrogens is 460 g/mol. The van der Waals surface area contributed by atoms with Gasteiger partial charge in [-0.15, -0.1) is 0 Å². The molecule has 8 heteroatoms. The highest BCUT2D eigenvalue weighted by Crippen LogP contribution is 2.21. The highest BCUT2D eigenvalue weighted by atomic mass is 79.9. The van der Waals surface area contributed by atoms with Crippen molar-refractivity contribution in [1.29, 1.82) is 0 Å². The van der Waals surface area contributed by atoms with Gasteiger partial charge < -0.3 is 15.2 Å². The van der Waals surface area contributed by atoms with E-state index in [4.69, 9.17) is 0 Å². The number of carbonyl (C=O) groups is 3. The Bertz CT molecular complexity index is 1200. The van der Waals surface area contributed by atoms with Gasteiger partial charge >= 0.3 is 6.03 Å². The van der Waals surface area contributed by atoms with Crippen LogP contribution in [0.15, 0.2) is 77.0 Å². The molecule has 2 N–H and O–H groups in total. The summed E-state index contributed by atoms with van der Waals surface area (Å²) in [6, 6.07) is 18.0. The minimum absolute atomic E-state index is 0.114. The average Bonchev–Trinajstić information content (AvgIpc) is 3.30. The van der Waals surface area contributed by atoms with Crippen LogP contribution in [0.5, 0.6) is 0 Å². The summed E-state index contributed by atoms with van der Waals surface area (Å²) < 4.78 is 2.82. The van der Waals surface area contributed by atoms with Crippen molar-refractivity contribution in [2.45, 2.75) is 6.92 Å². The van der Waals surface area contributed by atoms with Crippen molar-refractivity contribution in [3.05, 3.63) is 88.3 Å². The van der Waals surface area contributed by atoms with Crippen LogP contribution in [0.4, 0.5) is 10.5 Å². The second kappa shape index (κ2) is 8.61. The Morgan fingerprint density at radius 1 is 1.10 bits per heavy atom. The first-order chi connectivity index (χ1) is 14.9. The van der Waals surface area contributed by atoms with Gasteiger partial charge in [0.05, 0.1) is 0 Å². The second-order valence-corrected chi connectivity index (χ2v) is 7.99. The van der Waals surface area contributed by atoms with Crippen molar-refractivity contribution in [3.63, 3.8) is 0 Å². The van der Waals surface area contributed by atoms with Gasteiger partial charge in [-0.2, -0.15) is 0 Å². The molecule has 0 spiro atoms. The SMILES string of the molecule is Cc1ccc(NC(=O)CN2C(=O)N/C(=C\c3cccn3-c3cccc(Br)c3)C2=O)cc1. The Morgan fingerprint density at radius 2 is 1.87 bits per heavy atom. The van der Waals surface area contributed by atoms with Crippen molar-refractivity contribution in [2.24, 2.45) is 0 Å². The lowest BCUT2D eigenvalue weighted by atomic mass is 10.2. The molecule has 0 aliphatic carbocycles. The molecule has 2 heterocycles. The molecule has 4 rings (SSSR count). The van der Waals surface area contributed by atoms with Gasteiger partial charge in [0.15, 0.2) is 0 Å². The zero-order valence-electron chi connectivity index (χ0n) is 16.6. The van der Waals surface area contributed by atoms with Gasteiger partial charge in [-0.25, -0.2) is 9.69 Å². The quantitative estimate of drug-likeness (QED) is 0.428. The smallest absolute Gasteiger partial charge is 0.325 e. The summed E-state index contributed by atoms with van der Waals surface area (Å²) in [7, 11) is 0. The molecule has 0 unspecified atom stereocenters. The Hall–Kier alpha value is -3.65. The number of amides is 4. The number of rotatable bonds is 5. The lowest BCUT2D eigenvalue weighted by Gasteiger charge is -2.12. The topological polar surface area (TPSA) is 83.4 Å². The minimum Gasteiger partial charge on any atom is -0.325 e. The van der Waals surface area contributed by atoms with Gasteiger partial charge in [0.1, 0.15) is 12.2 Å². The van der Waals surface area contributed by atoms with Crippen LogP contribution in [-0.4, -0.2) is 33.9 Å². The van der Waals surface area contributed by atoms with E-state index >= 15 is 0 Å². The zero-order valence-corrected chi connectivity index (χ0v) is 18.2. The van der Waals surface area contributed by atoms with E-state index in [1.807, 2.05) is 66.2 Å². The molecule has 0 bridgehead atoms. The molecule has 1 aliphatic rings. The minimum atomic E-state index is -0.629. The van der Waals surface area contributed by atoms with Gasteiger partial charge in [-0.1, -0.05) is 39.7 Å². The van der Waals surface area contributed by atoms with Crippen molar-refractivity contribution >= 4 is 45.5 Å². The lowest BCUT2D eigenvalue weighted by Crippen LogP contribution is -2.38. The number of nitrogens with zero attached hydrogens (tertiary/aromatic N) is 2. The molecule has 3 aromatic rings. The molecule has 1 fully saturated rings. The van der Waals surface area contributed by atoms with Gasteiger partial charge in [0, 0.05) is 27.7 Å². The zero-order chi connectivity index (χ0) is 22.0. The Morgan fingerprint density at radius 3 is 2.61 bits per heavy atom. The third-order valence-electron chi connectivity index (χ3n) is 4.76. The number of hydrogen-bond acceptors (Lipinski definition) is 3. The first kappa shape index (κ1) is 20.6. The molecule has 31 heavy (non-hydrogen) atoms. The van der Waals surface area contributed by atoms with Gasteiger partial charge in [0.25, 0.3) is 5.91 Å². The lowest BCUT2D eigenvalue weighted by molar-refractivity contribution is -0.127. The molecule has 1 aromatic heterocycles. The Labute approximate surface area is 187 Å². The fraction of sp³-hybridized carbons (Fsp3) is 0.0870. The summed E-state index contributed by atoms with van der Waals surface area (Å²) in [5, 5.41) is 5.25. The molecule has 0 radical (unpaired) electrons. The number of benzene rings is 2. The molecule has 4 amide bonds. The molecule has 1 aliphatic heterocycles. The van der Waals surface area contributed by atoms with Gasteiger partial charge in [-0.05, 0) is 55.5 Å². The Balaban J connectivity index is 1.50. The van der Waals surface area contributed by atoms with E-state index < -0.39 is 17.8 Å². The monoisotopic (exact) mass is 478 g/mol. The van der Waals surface area contributed by atoms with E-state index in [9.17, 15) is 14.4 Å². The van der Waals surface area contributed by atoms with E-state index in [-0.39, 0.29) is 12.2 Å². The molecule has 2 aromatic carbocycles. The van der Waals surface area contributed by atoms with E-state index in [0.29, 0.717) is 11.4 Å². The third kappa shape index (κ3) is 4.59. The number of urea groups is 1. The number of imide groups is 1. The van der Waals surface area contributed by atoms with Crippen molar-refractivity contribution < 1.29 is 14.4 Å². The van der Waals surface area contributed by atoms with Crippen LogP contribution in [-0.2, 0) is 9.59 Å². The molecule has 156 valence electrons. The van der Waals surface area contributed by atoms with Crippen LogP contribution < -0.4 is 10.6 Å². The normalized spacial score (nSPS) is 14.8. The van der Waals surface area contributed by atoms with Crippen LogP contribution in [0.25, 0.3) is 11.8 Å². The average molecular weight is 479 g/mol. The number of aryl methyl sites for hydroxylation is 1. The van der Waals surface area contributed by atoms with E-state index in [2.05, 4.69) is 26.6 Å². The highest BCUT2D eigenvalue weighted by molar-refractivity contribution is 9.10. The molecule has 0 saturated carbocycles. The molecule has 1 saturated heterocycles. The van der Waals surface area contributed by atoms with Gasteiger partial charge in [0.2, 0.25) is 5.91 Å². The molecule has 7 nitrogen and oxygen atoms in total. The van der Waals surface area contributed by atoms with Crippen LogP contribution in [0.3, 0.4) is 0 Å². The number of carbonyl (C=O) groups excluding carboxylic acids is 3. The maximum absolute atomic E-state index is 12.8. The predicted molar refractivity (Wildman–Crippen MR) is 121 cm³/mol. The summed E-state index contributed by atoms with van der Waals surface area (Å²) >= 11 is 3.45. The van der Waals surface area contributed by atoms with E-state index in [1.54, 1.807) is 18.2 Å². The van der Waals surface area contributed by atoms with Crippen LogP contribution in [0, 0.1) is 6.92 Å². The van der Waals surface area contributed by atoms with Crippen LogP contribution in [0.1, 0.15) is 11.3 Å². The maximum Gasteiger partial charge on any atom is 0.329 e. The Kier molecular flexibility index (Phi) is 5.73. The fourth-order valence-electron chi connectivity index (χ4n) is 3.22. The largest absolute Gasteiger partial charge is 0.329 e.